The van der Waals surface area contributed by atoms with Crippen molar-refractivity contribution in [3.63, 3.8) is 0 Å². The molecule has 0 radical (unpaired) electrons. The Kier molecular flexibility index (Phi) is 4.00. The van der Waals surface area contributed by atoms with Crippen molar-refractivity contribution in [3.8, 4) is 0 Å². The van der Waals surface area contributed by atoms with Crippen LogP contribution in [0.2, 0.25) is 0 Å². The molecule has 0 saturated carbocycles. The highest BCUT2D eigenvalue weighted by molar-refractivity contribution is 6.40. The molecular weight excluding hydrogens is 410 g/mol. The minimum Gasteiger partial charge on any atom is -0.378 e. The van der Waals surface area contributed by atoms with Crippen molar-refractivity contribution in [3.05, 3.63) is 118 Å². The van der Waals surface area contributed by atoms with Crippen LogP contribution in [0.25, 0.3) is 5.57 Å². The zero-order valence-electron chi connectivity index (χ0n) is 18.3. The number of rotatable bonds is 2. The quantitative estimate of drug-likeness (QED) is 0.529. The van der Waals surface area contributed by atoms with E-state index < -0.39 is 11.3 Å². The van der Waals surface area contributed by atoms with Crippen molar-refractivity contribution in [2.24, 2.45) is 5.41 Å². The molecule has 160 valence electrons. The molecule has 0 saturated heterocycles. The highest BCUT2D eigenvalue weighted by Crippen LogP contribution is 2.60. The van der Waals surface area contributed by atoms with Crippen molar-refractivity contribution in [1.82, 2.24) is 0 Å². The smallest absolute Gasteiger partial charge is 0.193 e. The molecule has 3 aliphatic rings. The Morgan fingerprint density at radius 2 is 1.24 bits per heavy atom. The van der Waals surface area contributed by atoms with Gasteiger partial charge in [0.1, 0.15) is 5.41 Å². The lowest BCUT2D eigenvalue weighted by atomic mass is 9.60. The minimum absolute atomic E-state index is 0.130. The van der Waals surface area contributed by atoms with Gasteiger partial charge < -0.3 is 4.90 Å². The van der Waals surface area contributed by atoms with E-state index in [1.165, 1.54) is 0 Å². The van der Waals surface area contributed by atoms with E-state index in [-0.39, 0.29) is 17.3 Å². The summed E-state index contributed by atoms with van der Waals surface area (Å²) in [6.07, 6.45) is 3.67. The number of carbonyl (C=O) groups is 3. The first-order valence-corrected chi connectivity index (χ1v) is 11.0. The summed E-state index contributed by atoms with van der Waals surface area (Å²) in [7, 11) is 3.94. The monoisotopic (exact) mass is 431 g/mol. The second-order valence-electron chi connectivity index (χ2n) is 9.00. The lowest BCUT2D eigenvalue weighted by Gasteiger charge is -2.38. The molecule has 0 amide bonds. The normalized spacial score (nSPS) is 19.7. The van der Waals surface area contributed by atoms with E-state index in [0.717, 1.165) is 11.3 Å². The summed E-state index contributed by atoms with van der Waals surface area (Å²) in [6, 6.07) is 22.2. The van der Waals surface area contributed by atoms with E-state index in [4.69, 9.17) is 0 Å². The van der Waals surface area contributed by atoms with Gasteiger partial charge in [-0.25, -0.2) is 0 Å². The molecule has 0 aliphatic heterocycles. The number of fused-ring (bicyclic) bond motifs is 4. The lowest BCUT2D eigenvalue weighted by molar-refractivity contribution is 0.0753. The molecule has 0 N–H and O–H groups in total. The zero-order valence-corrected chi connectivity index (χ0v) is 18.3. The predicted molar refractivity (Wildman–Crippen MR) is 128 cm³/mol. The topological polar surface area (TPSA) is 54.5 Å². The van der Waals surface area contributed by atoms with Gasteiger partial charge in [-0.05, 0) is 28.8 Å². The van der Waals surface area contributed by atoms with Crippen molar-refractivity contribution in [2.45, 2.75) is 5.92 Å². The largest absolute Gasteiger partial charge is 0.378 e. The van der Waals surface area contributed by atoms with E-state index in [1.807, 2.05) is 67.5 Å². The molecule has 0 unspecified atom stereocenters. The third-order valence-corrected chi connectivity index (χ3v) is 7.17. The summed E-state index contributed by atoms with van der Waals surface area (Å²) < 4.78 is 0. The van der Waals surface area contributed by atoms with Crippen LogP contribution in [0.3, 0.4) is 0 Å². The van der Waals surface area contributed by atoms with Crippen molar-refractivity contribution in [1.29, 1.82) is 0 Å². The number of hydrogen-bond donors (Lipinski definition) is 0. The Morgan fingerprint density at radius 3 is 1.82 bits per heavy atom. The second kappa shape index (κ2) is 6.72. The van der Waals surface area contributed by atoms with E-state index in [9.17, 15) is 14.4 Å². The second-order valence-corrected chi connectivity index (χ2v) is 9.00. The molecule has 0 fully saturated rings. The van der Waals surface area contributed by atoms with E-state index in [2.05, 4.69) is 0 Å². The first kappa shape index (κ1) is 19.6. The number of hydrogen-bond acceptors (Lipinski definition) is 4. The van der Waals surface area contributed by atoms with Crippen LogP contribution in [0.5, 0.6) is 0 Å². The summed E-state index contributed by atoms with van der Waals surface area (Å²) in [6.45, 7) is 0. The molecule has 1 atom stereocenters. The van der Waals surface area contributed by atoms with Crippen LogP contribution < -0.4 is 4.90 Å². The summed E-state index contributed by atoms with van der Waals surface area (Å²) in [5.41, 5.74) is 3.50. The van der Waals surface area contributed by atoms with E-state index in [0.29, 0.717) is 33.4 Å². The Bertz CT molecular complexity index is 1400. The number of Topliss-reactive ketones (excluding diaryl/α,β-unsaturated/α-hetero) is 3. The first-order chi connectivity index (χ1) is 16.0. The van der Waals surface area contributed by atoms with Crippen molar-refractivity contribution >= 4 is 28.6 Å². The van der Waals surface area contributed by atoms with Gasteiger partial charge in [0.05, 0.1) is 0 Å². The third-order valence-electron chi connectivity index (χ3n) is 7.17. The molecular formula is C29H21NO3. The standard InChI is InChI=1S/C29H21NO3/c1-30(2)18-13-11-17(12-14-18)24-16-15-23-25(19-7-3-4-8-20(19)26(23)31)29(24)27(32)21-9-5-6-10-22(21)28(29)33/h3-16,24H,1-2H3/t24-/m1/s1. The van der Waals surface area contributed by atoms with Gasteiger partial charge >= 0.3 is 0 Å². The van der Waals surface area contributed by atoms with Gasteiger partial charge in [0.2, 0.25) is 0 Å². The number of allylic oxidation sites excluding steroid dienone is 4. The first-order valence-electron chi connectivity index (χ1n) is 11.0. The summed E-state index contributed by atoms with van der Waals surface area (Å²) >= 11 is 0. The van der Waals surface area contributed by atoms with Crippen LogP contribution in [-0.4, -0.2) is 31.4 Å². The molecule has 4 nitrogen and oxygen atoms in total. The molecule has 0 bridgehead atoms. The van der Waals surface area contributed by atoms with Crippen LogP contribution in [0.1, 0.15) is 48.1 Å². The van der Waals surface area contributed by atoms with Crippen LogP contribution in [0.4, 0.5) is 5.69 Å². The lowest BCUT2D eigenvalue weighted by Crippen LogP contribution is -2.42. The van der Waals surface area contributed by atoms with Gasteiger partial charge in [-0.2, -0.15) is 0 Å². The summed E-state index contributed by atoms with van der Waals surface area (Å²) in [5, 5.41) is 0. The molecule has 3 aromatic carbocycles. The number of carbonyl (C=O) groups excluding carboxylic acids is 3. The van der Waals surface area contributed by atoms with Gasteiger partial charge in [-0.15, -0.1) is 0 Å². The molecule has 3 aliphatic carbocycles. The molecule has 1 spiro atoms. The van der Waals surface area contributed by atoms with Crippen LogP contribution >= 0.6 is 0 Å². The number of nitrogens with zero attached hydrogens (tertiary/aromatic N) is 1. The maximum Gasteiger partial charge on any atom is 0.193 e. The van der Waals surface area contributed by atoms with Gasteiger partial charge in [-0.1, -0.05) is 72.8 Å². The van der Waals surface area contributed by atoms with Crippen LogP contribution in [-0.2, 0) is 0 Å². The number of anilines is 1. The van der Waals surface area contributed by atoms with E-state index >= 15 is 0 Å². The minimum atomic E-state index is -1.49. The summed E-state index contributed by atoms with van der Waals surface area (Å²) in [5.74, 6) is -1.11. The fourth-order valence-corrected chi connectivity index (χ4v) is 5.64. The van der Waals surface area contributed by atoms with Crippen LogP contribution in [0.15, 0.2) is 90.5 Å². The van der Waals surface area contributed by atoms with Crippen molar-refractivity contribution < 1.29 is 14.4 Å². The van der Waals surface area contributed by atoms with Gasteiger partial charge in [0.25, 0.3) is 0 Å². The van der Waals surface area contributed by atoms with Crippen molar-refractivity contribution in [2.75, 3.05) is 19.0 Å². The molecule has 3 aromatic rings. The molecule has 33 heavy (non-hydrogen) atoms. The average Bonchev–Trinajstić information content (AvgIpc) is 3.25. The maximum absolute atomic E-state index is 14.2. The van der Waals surface area contributed by atoms with Crippen LogP contribution in [0, 0.1) is 5.41 Å². The molecule has 0 heterocycles. The predicted octanol–water partition coefficient (Wildman–Crippen LogP) is 5.12. The average molecular weight is 431 g/mol. The highest BCUT2D eigenvalue weighted by Gasteiger charge is 2.63. The molecule has 4 heteroatoms. The highest BCUT2D eigenvalue weighted by atomic mass is 16.2. The number of benzene rings is 3. The van der Waals surface area contributed by atoms with Gasteiger partial charge in [0, 0.05) is 48.0 Å². The molecule has 0 aromatic heterocycles. The SMILES string of the molecule is CN(C)c1ccc([C@H]2C=CC3=C(c4ccccc4C3=O)C23C(=O)c2ccccc2C3=O)cc1. The fourth-order valence-electron chi connectivity index (χ4n) is 5.64. The Balaban J connectivity index is 1.65. The Labute approximate surface area is 191 Å². The third kappa shape index (κ3) is 2.38. The number of ketones is 3. The zero-order chi connectivity index (χ0) is 22.9. The van der Waals surface area contributed by atoms with Gasteiger partial charge in [0.15, 0.2) is 17.3 Å². The fraction of sp³-hybridized carbons (Fsp3) is 0.138. The van der Waals surface area contributed by atoms with E-state index in [1.54, 1.807) is 36.4 Å². The molecule has 6 rings (SSSR count). The van der Waals surface area contributed by atoms with Gasteiger partial charge in [-0.3, -0.25) is 14.4 Å². The summed E-state index contributed by atoms with van der Waals surface area (Å²) in [4.78, 5) is 43.7. The maximum atomic E-state index is 14.2. The Morgan fingerprint density at radius 1 is 0.697 bits per heavy atom. The Hall–Kier alpha value is -4.05.